The topological polar surface area (TPSA) is 28.4 Å². The van der Waals surface area contributed by atoms with E-state index in [-0.39, 0.29) is 0 Å². The van der Waals surface area contributed by atoms with Crippen LogP contribution in [-0.2, 0) is 6.54 Å². The molecule has 1 unspecified atom stereocenters. The molecule has 2 rings (SSSR count). The van der Waals surface area contributed by atoms with Crippen molar-refractivity contribution < 1.29 is 4.42 Å². The summed E-state index contributed by atoms with van der Waals surface area (Å²) in [4.78, 5) is 2.45. The molecule has 0 bridgehead atoms. The van der Waals surface area contributed by atoms with Crippen LogP contribution in [0.3, 0.4) is 0 Å². The second-order valence-corrected chi connectivity index (χ2v) is 4.02. The van der Waals surface area contributed by atoms with Crippen LogP contribution in [0.5, 0.6) is 0 Å². The summed E-state index contributed by atoms with van der Waals surface area (Å²) >= 11 is 0. The highest BCUT2D eigenvalue weighted by atomic mass is 16.3. The molecule has 0 aromatic carbocycles. The van der Waals surface area contributed by atoms with E-state index in [0.29, 0.717) is 6.04 Å². The van der Waals surface area contributed by atoms with Crippen molar-refractivity contribution in [3.05, 3.63) is 24.2 Å². The molecule has 2 heterocycles. The Kier molecular flexibility index (Phi) is 3.22. The minimum absolute atomic E-state index is 0.590. The molecule has 0 radical (unpaired) electrons. The van der Waals surface area contributed by atoms with Crippen molar-refractivity contribution in [3.8, 4) is 0 Å². The van der Waals surface area contributed by atoms with Gasteiger partial charge in [-0.25, -0.2) is 0 Å². The number of furan rings is 1. The van der Waals surface area contributed by atoms with Crippen LogP contribution in [0, 0.1) is 0 Å². The van der Waals surface area contributed by atoms with E-state index in [1.807, 2.05) is 12.1 Å². The van der Waals surface area contributed by atoms with Crippen LogP contribution in [-0.4, -0.2) is 30.6 Å². The monoisotopic (exact) mass is 194 g/mol. The van der Waals surface area contributed by atoms with E-state index in [4.69, 9.17) is 4.42 Å². The molecule has 1 aromatic rings. The Hall–Kier alpha value is -0.800. The lowest BCUT2D eigenvalue weighted by atomic mass is 10.3. The molecule has 1 aliphatic rings. The Morgan fingerprint density at radius 3 is 3.36 bits per heavy atom. The zero-order chi connectivity index (χ0) is 9.80. The fraction of sp³-hybridized carbons (Fsp3) is 0.636. The Labute approximate surface area is 85.1 Å². The maximum atomic E-state index is 5.35. The lowest BCUT2D eigenvalue weighted by molar-refractivity contribution is 0.243. The van der Waals surface area contributed by atoms with Crippen molar-refractivity contribution in [2.75, 3.05) is 19.6 Å². The largest absolute Gasteiger partial charge is 0.468 e. The third-order valence-electron chi connectivity index (χ3n) is 2.64. The normalized spacial score (nSPS) is 24.8. The standard InChI is InChI=1S/C11H18N2O/c1-10-8-13(6-3-5-12-10)9-11-4-2-7-14-11/h2,4,7,10,12H,3,5-6,8-9H2,1H3. The number of rotatable bonds is 2. The lowest BCUT2D eigenvalue weighted by Crippen LogP contribution is -2.34. The van der Waals surface area contributed by atoms with Crippen molar-refractivity contribution in [3.63, 3.8) is 0 Å². The highest BCUT2D eigenvalue weighted by molar-refractivity contribution is 4.98. The smallest absolute Gasteiger partial charge is 0.117 e. The van der Waals surface area contributed by atoms with Gasteiger partial charge in [-0.05, 0) is 38.6 Å². The van der Waals surface area contributed by atoms with Crippen molar-refractivity contribution in [2.24, 2.45) is 0 Å². The molecule has 3 nitrogen and oxygen atoms in total. The first-order valence-corrected chi connectivity index (χ1v) is 5.33. The molecule has 14 heavy (non-hydrogen) atoms. The van der Waals surface area contributed by atoms with Gasteiger partial charge in [0.1, 0.15) is 5.76 Å². The summed E-state index contributed by atoms with van der Waals surface area (Å²) in [5.41, 5.74) is 0. The molecule has 3 heteroatoms. The molecule has 0 amide bonds. The van der Waals surface area contributed by atoms with Gasteiger partial charge in [-0.1, -0.05) is 0 Å². The third-order valence-corrected chi connectivity index (χ3v) is 2.64. The Bertz CT molecular complexity index is 258. The van der Waals surface area contributed by atoms with Crippen LogP contribution in [0.1, 0.15) is 19.1 Å². The predicted octanol–water partition coefficient (Wildman–Crippen LogP) is 1.46. The maximum Gasteiger partial charge on any atom is 0.117 e. The number of nitrogens with one attached hydrogen (secondary N) is 1. The van der Waals surface area contributed by atoms with Gasteiger partial charge in [0.2, 0.25) is 0 Å². The van der Waals surface area contributed by atoms with Gasteiger partial charge in [-0.2, -0.15) is 0 Å². The number of hydrogen-bond acceptors (Lipinski definition) is 3. The zero-order valence-electron chi connectivity index (χ0n) is 8.70. The Morgan fingerprint density at radius 2 is 2.57 bits per heavy atom. The van der Waals surface area contributed by atoms with Crippen LogP contribution in [0.25, 0.3) is 0 Å². The van der Waals surface area contributed by atoms with Crippen molar-refractivity contribution in [1.29, 1.82) is 0 Å². The number of nitrogens with zero attached hydrogens (tertiary/aromatic N) is 1. The Balaban J connectivity index is 1.90. The van der Waals surface area contributed by atoms with E-state index >= 15 is 0 Å². The average Bonchev–Trinajstić information content (AvgIpc) is 2.56. The summed E-state index contributed by atoms with van der Waals surface area (Å²) in [5, 5.41) is 3.48. The van der Waals surface area contributed by atoms with Gasteiger partial charge in [-0.3, -0.25) is 4.90 Å². The highest BCUT2D eigenvalue weighted by Crippen LogP contribution is 2.08. The first kappa shape index (κ1) is 9.74. The Morgan fingerprint density at radius 1 is 1.64 bits per heavy atom. The van der Waals surface area contributed by atoms with Gasteiger partial charge in [0.15, 0.2) is 0 Å². The van der Waals surface area contributed by atoms with Crippen LogP contribution >= 0.6 is 0 Å². The quantitative estimate of drug-likeness (QED) is 0.772. The van der Waals surface area contributed by atoms with E-state index in [0.717, 1.165) is 31.9 Å². The minimum Gasteiger partial charge on any atom is -0.468 e. The van der Waals surface area contributed by atoms with E-state index in [2.05, 4.69) is 17.1 Å². The highest BCUT2D eigenvalue weighted by Gasteiger charge is 2.14. The summed E-state index contributed by atoms with van der Waals surface area (Å²) in [6.07, 6.45) is 2.97. The molecule has 1 saturated heterocycles. The first-order valence-electron chi connectivity index (χ1n) is 5.33. The third kappa shape index (κ3) is 2.59. The molecule has 0 saturated carbocycles. The van der Waals surface area contributed by atoms with Gasteiger partial charge in [0, 0.05) is 12.6 Å². The molecule has 78 valence electrons. The van der Waals surface area contributed by atoms with Crippen molar-refractivity contribution in [2.45, 2.75) is 25.9 Å². The lowest BCUT2D eigenvalue weighted by Gasteiger charge is -2.20. The van der Waals surface area contributed by atoms with Crippen LogP contribution in [0.15, 0.2) is 22.8 Å². The molecule has 1 aliphatic heterocycles. The molecule has 1 fully saturated rings. The van der Waals surface area contributed by atoms with E-state index < -0.39 is 0 Å². The van der Waals surface area contributed by atoms with E-state index in [1.165, 1.54) is 6.42 Å². The summed E-state index contributed by atoms with van der Waals surface area (Å²) in [6, 6.07) is 4.59. The van der Waals surface area contributed by atoms with Crippen LogP contribution in [0.2, 0.25) is 0 Å². The van der Waals surface area contributed by atoms with Gasteiger partial charge in [-0.15, -0.1) is 0 Å². The fourth-order valence-corrected chi connectivity index (χ4v) is 1.96. The SMILES string of the molecule is CC1CN(Cc2ccco2)CCCN1. The summed E-state index contributed by atoms with van der Waals surface area (Å²) in [5.74, 6) is 1.07. The molecular weight excluding hydrogens is 176 g/mol. The van der Waals surface area contributed by atoms with Crippen LogP contribution in [0.4, 0.5) is 0 Å². The molecule has 1 atom stereocenters. The second-order valence-electron chi connectivity index (χ2n) is 4.02. The van der Waals surface area contributed by atoms with Gasteiger partial charge in [0.25, 0.3) is 0 Å². The molecule has 1 N–H and O–H groups in total. The molecular formula is C11H18N2O. The molecule has 0 spiro atoms. The van der Waals surface area contributed by atoms with Gasteiger partial charge in [0.05, 0.1) is 12.8 Å². The second kappa shape index (κ2) is 4.62. The average molecular weight is 194 g/mol. The fourth-order valence-electron chi connectivity index (χ4n) is 1.96. The van der Waals surface area contributed by atoms with Gasteiger partial charge >= 0.3 is 0 Å². The first-order chi connectivity index (χ1) is 6.84. The summed E-state index contributed by atoms with van der Waals surface area (Å²) < 4.78 is 5.35. The van der Waals surface area contributed by atoms with Crippen molar-refractivity contribution >= 4 is 0 Å². The van der Waals surface area contributed by atoms with E-state index in [1.54, 1.807) is 6.26 Å². The van der Waals surface area contributed by atoms with E-state index in [9.17, 15) is 0 Å². The van der Waals surface area contributed by atoms with Crippen LogP contribution < -0.4 is 5.32 Å². The number of hydrogen-bond donors (Lipinski definition) is 1. The summed E-state index contributed by atoms with van der Waals surface area (Å²) in [7, 11) is 0. The maximum absolute atomic E-state index is 5.35. The minimum atomic E-state index is 0.590. The van der Waals surface area contributed by atoms with Crippen molar-refractivity contribution in [1.82, 2.24) is 10.2 Å². The predicted molar refractivity (Wildman–Crippen MR) is 56.1 cm³/mol. The summed E-state index contributed by atoms with van der Waals surface area (Å²) in [6.45, 7) is 6.59. The molecule has 0 aliphatic carbocycles. The van der Waals surface area contributed by atoms with Gasteiger partial charge < -0.3 is 9.73 Å². The zero-order valence-corrected chi connectivity index (χ0v) is 8.70. The molecule has 1 aromatic heterocycles.